The predicted molar refractivity (Wildman–Crippen MR) is 114 cm³/mol. The molecule has 3 N–H and O–H groups in total. The fourth-order valence-corrected chi connectivity index (χ4v) is 4.64. The number of aromatic nitrogens is 2. The first-order valence-corrected chi connectivity index (χ1v) is 11.1. The van der Waals surface area contributed by atoms with Gasteiger partial charge in [0, 0.05) is 30.7 Å². The Balaban J connectivity index is 0.000000219. The summed E-state index contributed by atoms with van der Waals surface area (Å²) in [5.74, 6) is 4.00. The maximum absolute atomic E-state index is 11.4. The van der Waals surface area contributed by atoms with Crippen molar-refractivity contribution in [2.45, 2.75) is 71.0 Å². The van der Waals surface area contributed by atoms with Crippen molar-refractivity contribution in [1.29, 1.82) is 0 Å². The number of carbonyl (C=O) groups excluding carboxylic acids is 1. The van der Waals surface area contributed by atoms with Crippen LogP contribution in [0, 0.1) is 0 Å². The molecular formula is C20H35N5OS. The van der Waals surface area contributed by atoms with E-state index in [-0.39, 0.29) is 11.4 Å². The molecule has 152 valence electrons. The van der Waals surface area contributed by atoms with Crippen molar-refractivity contribution in [3.05, 3.63) is 30.4 Å². The zero-order valence-electron chi connectivity index (χ0n) is 17.2. The Hall–Kier alpha value is -1.63. The fourth-order valence-electron chi connectivity index (χ4n) is 3.13. The molecule has 2 fully saturated rings. The van der Waals surface area contributed by atoms with Crippen LogP contribution in [0.4, 0.5) is 0 Å². The molecule has 0 saturated carbocycles. The van der Waals surface area contributed by atoms with Crippen molar-refractivity contribution in [2.75, 3.05) is 18.1 Å². The number of fused-ring (bicyclic) bond motifs is 1. The maximum atomic E-state index is 11.4. The van der Waals surface area contributed by atoms with E-state index < -0.39 is 0 Å². The molecule has 27 heavy (non-hydrogen) atoms. The van der Waals surface area contributed by atoms with Crippen molar-refractivity contribution < 1.29 is 4.79 Å². The van der Waals surface area contributed by atoms with Crippen molar-refractivity contribution in [3.8, 4) is 0 Å². The van der Waals surface area contributed by atoms with Crippen LogP contribution in [0.3, 0.4) is 0 Å². The molecule has 1 aromatic heterocycles. The Kier molecular flexibility index (Phi) is 8.07. The molecule has 2 saturated heterocycles. The maximum Gasteiger partial charge on any atom is 0.220 e. The van der Waals surface area contributed by atoms with Gasteiger partial charge < -0.3 is 16.0 Å². The molecule has 0 aromatic carbocycles. The Bertz CT molecular complexity index is 630. The van der Waals surface area contributed by atoms with E-state index in [0.29, 0.717) is 24.9 Å². The molecule has 0 aliphatic carbocycles. The molecule has 2 aliphatic rings. The summed E-state index contributed by atoms with van der Waals surface area (Å²) in [6, 6.07) is 2.63. The van der Waals surface area contributed by atoms with Gasteiger partial charge in [0.2, 0.25) is 5.91 Å². The lowest BCUT2D eigenvalue weighted by atomic mass is 9.99. The first-order valence-electron chi connectivity index (χ1n) is 9.95. The van der Waals surface area contributed by atoms with E-state index in [4.69, 9.17) is 0 Å². The molecule has 2 aliphatic heterocycles. The summed E-state index contributed by atoms with van der Waals surface area (Å²) < 4.78 is 1.88. The summed E-state index contributed by atoms with van der Waals surface area (Å²) in [5.41, 5.74) is 1.38. The van der Waals surface area contributed by atoms with E-state index in [1.807, 2.05) is 28.7 Å². The van der Waals surface area contributed by atoms with Crippen LogP contribution in [0.2, 0.25) is 0 Å². The van der Waals surface area contributed by atoms with Crippen LogP contribution in [0.25, 0.3) is 0 Å². The minimum Gasteiger partial charge on any atom is -0.366 e. The van der Waals surface area contributed by atoms with Gasteiger partial charge in [0.25, 0.3) is 0 Å². The summed E-state index contributed by atoms with van der Waals surface area (Å²) >= 11 is 2.00. The second-order valence-electron chi connectivity index (χ2n) is 7.84. The Labute approximate surface area is 167 Å². The molecule has 0 radical (unpaired) electrons. The van der Waals surface area contributed by atoms with Gasteiger partial charge in [0.1, 0.15) is 0 Å². The summed E-state index contributed by atoms with van der Waals surface area (Å²) in [7, 11) is 0. The zero-order chi connectivity index (χ0) is 19.9. The number of nitrogens with one attached hydrogen (secondary N) is 3. The first kappa shape index (κ1) is 21.7. The zero-order valence-corrected chi connectivity index (χ0v) is 18.0. The number of unbranched alkanes of at least 4 members (excludes halogenated alkanes) is 1. The molecule has 6 nitrogen and oxygen atoms in total. The third-order valence-electron chi connectivity index (χ3n) is 4.91. The highest BCUT2D eigenvalue weighted by Crippen LogP contribution is 2.32. The molecule has 2 atom stereocenters. The number of hydrogen-bond donors (Lipinski definition) is 3. The fraction of sp³-hybridized carbons (Fsp3) is 0.700. The molecule has 3 heterocycles. The predicted octanol–water partition coefficient (Wildman–Crippen LogP) is 2.84. The number of rotatable bonds is 7. The number of thioether (sulfide) groups is 1. The van der Waals surface area contributed by atoms with E-state index in [1.54, 1.807) is 0 Å². The molecule has 2 unspecified atom stereocenters. The smallest absolute Gasteiger partial charge is 0.220 e. The lowest BCUT2D eigenvalue weighted by molar-refractivity contribution is -0.121. The van der Waals surface area contributed by atoms with Crippen LogP contribution in [-0.2, 0) is 11.3 Å². The van der Waals surface area contributed by atoms with Gasteiger partial charge >= 0.3 is 0 Å². The van der Waals surface area contributed by atoms with Crippen LogP contribution >= 0.6 is 11.8 Å². The third-order valence-corrected chi connectivity index (χ3v) is 6.29. The highest BCUT2D eigenvalue weighted by molar-refractivity contribution is 7.99. The van der Waals surface area contributed by atoms with Crippen LogP contribution in [0.15, 0.2) is 24.7 Å². The largest absolute Gasteiger partial charge is 0.366 e. The van der Waals surface area contributed by atoms with E-state index in [1.165, 1.54) is 11.5 Å². The number of amides is 1. The minimum absolute atomic E-state index is 0.142. The molecule has 3 rings (SSSR count). The van der Waals surface area contributed by atoms with Gasteiger partial charge in [0.15, 0.2) is 0 Å². The Morgan fingerprint density at radius 3 is 2.96 bits per heavy atom. The van der Waals surface area contributed by atoms with Gasteiger partial charge in [-0.1, -0.05) is 33.8 Å². The molecular weight excluding hydrogens is 358 g/mol. The van der Waals surface area contributed by atoms with Crippen LogP contribution < -0.4 is 16.0 Å². The highest BCUT2D eigenvalue weighted by Gasteiger charge is 2.44. The average molecular weight is 394 g/mol. The standard InChI is InChI=1S/C13H23N3O.C7H12N2S/c1-4-5-6-13(17)14-8-10-16-9-7-12(15-16)11(2)3;1-5-8-6-3-10-4-7(6,2)9-5/h7,9,11H,4-6,8,10H2,1-3H3,(H,14,17);6,8-9H,1,3-4H2,2H3. The van der Waals surface area contributed by atoms with Gasteiger partial charge in [-0.2, -0.15) is 16.9 Å². The molecule has 0 spiro atoms. The van der Waals surface area contributed by atoms with Crippen molar-refractivity contribution >= 4 is 17.7 Å². The lowest BCUT2D eigenvalue weighted by Gasteiger charge is -2.21. The van der Waals surface area contributed by atoms with Gasteiger partial charge in [-0.3, -0.25) is 9.48 Å². The molecule has 1 aromatic rings. The average Bonchev–Trinajstić information content (AvgIpc) is 3.27. The highest BCUT2D eigenvalue weighted by atomic mass is 32.2. The van der Waals surface area contributed by atoms with E-state index in [0.717, 1.165) is 30.9 Å². The number of nitrogens with zero attached hydrogens (tertiary/aromatic N) is 2. The van der Waals surface area contributed by atoms with Crippen molar-refractivity contribution in [2.24, 2.45) is 0 Å². The first-order chi connectivity index (χ1) is 12.8. The number of carbonyl (C=O) groups is 1. The molecule has 0 bridgehead atoms. The molecule has 7 heteroatoms. The lowest BCUT2D eigenvalue weighted by Crippen LogP contribution is -2.45. The second kappa shape index (κ2) is 10.1. The van der Waals surface area contributed by atoms with Gasteiger partial charge in [0.05, 0.1) is 29.6 Å². The van der Waals surface area contributed by atoms with Gasteiger partial charge in [-0.25, -0.2) is 0 Å². The van der Waals surface area contributed by atoms with E-state index >= 15 is 0 Å². The van der Waals surface area contributed by atoms with Crippen molar-refractivity contribution in [1.82, 2.24) is 25.7 Å². The summed E-state index contributed by atoms with van der Waals surface area (Å²) in [6.07, 6.45) is 4.62. The van der Waals surface area contributed by atoms with E-state index in [2.05, 4.69) is 55.3 Å². The van der Waals surface area contributed by atoms with E-state index in [9.17, 15) is 4.79 Å². The quantitative estimate of drug-likeness (QED) is 0.664. The van der Waals surface area contributed by atoms with Gasteiger partial charge in [-0.15, -0.1) is 0 Å². The molecule has 1 amide bonds. The monoisotopic (exact) mass is 393 g/mol. The SMILES string of the molecule is C=C1NC2CSCC2(C)N1.CCCCC(=O)NCCn1ccc(C(C)C)n1. The topological polar surface area (TPSA) is 71.0 Å². The van der Waals surface area contributed by atoms with Crippen molar-refractivity contribution in [3.63, 3.8) is 0 Å². The number of hydrogen-bond acceptors (Lipinski definition) is 5. The minimum atomic E-state index is 0.142. The normalized spacial score (nSPS) is 23.3. The third kappa shape index (κ3) is 6.48. The van der Waals surface area contributed by atoms with Gasteiger partial charge in [-0.05, 0) is 25.3 Å². The Morgan fingerprint density at radius 1 is 1.56 bits per heavy atom. The summed E-state index contributed by atoms with van der Waals surface area (Å²) in [5, 5.41) is 14.0. The van der Waals surface area contributed by atoms with Crippen LogP contribution in [0.1, 0.15) is 58.6 Å². The van der Waals surface area contributed by atoms with Crippen LogP contribution in [0.5, 0.6) is 0 Å². The van der Waals surface area contributed by atoms with Crippen LogP contribution in [-0.4, -0.2) is 45.3 Å². The summed E-state index contributed by atoms with van der Waals surface area (Å²) in [4.78, 5) is 11.4. The second-order valence-corrected chi connectivity index (χ2v) is 8.88. The Morgan fingerprint density at radius 2 is 2.33 bits per heavy atom. The summed E-state index contributed by atoms with van der Waals surface area (Å²) in [6.45, 7) is 13.8.